The third-order valence-corrected chi connectivity index (χ3v) is 13.1. The Bertz CT molecular complexity index is 991. The highest BCUT2D eigenvalue weighted by Crippen LogP contribution is 2.18. The van der Waals surface area contributed by atoms with E-state index in [1.165, 1.54) is 199 Å². The van der Waals surface area contributed by atoms with Gasteiger partial charge in [-0.3, -0.25) is 14.4 Å². The second-order valence-corrected chi connectivity index (χ2v) is 21.4. The van der Waals surface area contributed by atoms with Crippen molar-refractivity contribution in [2.24, 2.45) is 17.8 Å². The fourth-order valence-corrected chi connectivity index (χ4v) is 8.82. The Labute approximate surface area is 399 Å². The summed E-state index contributed by atoms with van der Waals surface area (Å²) in [5.41, 5.74) is 0. The third-order valence-electron chi connectivity index (χ3n) is 13.1. The minimum absolute atomic E-state index is 0.0640. The van der Waals surface area contributed by atoms with Crippen molar-refractivity contribution in [2.75, 3.05) is 13.2 Å². The van der Waals surface area contributed by atoms with Crippen LogP contribution >= 0.6 is 0 Å². The maximum Gasteiger partial charge on any atom is 0.306 e. The largest absolute Gasteiger partial charge is 0.462 e. The van der Waals surface area contributed by atoms with E-state index in [0.717, 1.165) is 75.5 Å². The van der Waals surface area contributed by atoms with Crippen LogP contribution < -0.4 is 0 Å². The second kappa shape index (κ2) is 49.3. The molecule has 0 aliphatic rings. The summed E-state index contributed by atoms with van der Waals surface area (Å²) in [6.45, 7) is 13.7. The van der Waals surface area contributed by atoms with E-state index in [2.05, 4.69) is 41.5 Å². The third kappa shape index (κ3) is 51.4. The molecule has 0 fully saturated rings. The second-order valence-electron chi connectivity index (χ2n) is 21.4. The highest BCUT2D eigenvalue weighted by molar-refractivity contribution is 5.71. The highest BCUT2D eigenvalue weighted by Gasteiger charge is 2.19. The van der Waals surface area contributed by atoms with Gasteiger partial charge in [-0.15, -0.1) is 0 Å². The Morgan fingerprint density at radius 2 is 0.453 bits per heavy atom. The van der Waals surface area contributed by atoms with Gasteiger partial charge < -0.3 is 14.2 Å². The number of hydrogen-bond acceptors (Lipinski definition) is 6. The molecule has 0 amide bonds. The first-order valence-electron chi connectivity index (χ1n) is 28.6. The first-order valence-corrected chi connectivity index (χ1v) is 28.6. The highest BCUT2D eigenvalue weighted by atomic mass is 16.6. The zero-order valence-electron chi connectivity index (χ0n) is 44.1. The summed E-state index contributed by atoms with van der Waals surface area (Å²) in [6.07, 6.45) is 51.0. The van der Waals surface area contributed by atoms with Crippen LogP contribution in [-0.4, -0.2) is 37.2 Å². The molecule has 6 heteroatoms. The van der Waals surface area contributed by atoms with E-state index < -0.39 is 6.10 Å². The van der Waals surface area contributed by atoms with Crippen LogP contribution in [-0.2, 0) is 28.6 Å². The molecule has 0 saturated heterocycles. The van der Waals surface area contributed by atoms with Crippen molar-refractivity contribution < 1.29 is 28.6 Å². The van der Waals surface area contributed by atoms with Gasteiger partial charge in [0.15, 0.2) is 6.10 Å². The first kappa shape index (κ1) is 62.4. The van der Waals surface area contributed by atoms with Crippen molar-refractivity contribution in [3.05, 3.63) is 0 Å². The number of esters is 3. The lowest BCUT2D eigenvalue weighted by Crippen LogP contribution is -2.30. The molecule has 1 atom stereocenters. The average molecular weight is 906 g/mol. The van der Waals surface area contributed by atoms with E-state index >= 15 is 0 Å². The molecule has 64 heavy (non-hydrogen) atoms. The standard InChI is InChI=1S/C58H112O6/c1-52(2)44-38-32-26-20-15-13-11-9-7-8-10-12-14-16-23-29-35-41-47-56(59)62-50-55(51-63-57(60)48-42-36-30-25-19-22-28-34-40-46-54(5)6)64-58(61)49-43-37-31-24-18-17-21-27-33-39-45-53(3)4/h52-55H,7-51H2,1-6H3/t55-/m1/s1. The summed E-state index contributed by atoms with van der Waals surface area (Å²) in [5.74, 6) is 1.64. The van der Waals surface area contributed by atoms with Crippen molar-refractivity contribution in [3.63, 3.8) is 0 Å². The van der Waals surface area contributed by atoms with Crippen molar-refractivity contribution >= 4 is 17.9 Å². The van der Waals surface area contributed by atoms with Crippen LogP contribution in [0.2, 0.25) is 0 Å². The molecule has 0 N–H and O–H groups in total. The molecule has 0 aromatic rings. The number of unbranched alkanes of at least 4 members (excludes halogenated alkanes) is 34. The summed E-state index contributed by atoms with van der Waals surface area (Å²) in [6, 6.07) is 0. The van der Waals surface area contributed by atoms with E-state index in [1.54, 1.807) is 0 Å². The Kier molecular flexibility index (Phi) is 48.1. The lowest BCUT2D eigenvalue weighted by atomic mass is 10.0. The monoisotopic (exact) mass is 905 g/mol. The SMILES string of the molecule is CC(C)CCCCCCCCCCCCCCCCCCCCC(=O)OC[C@H](COC(=O)CCCCCCCCCCCC(C)C)OC(=O)CCCCCCCCCCCCC(C)C. The number of ether oxygens (including phenoxy) is 3. The summed E-state index contributed by atoms with van der Waals surface area (Å²) in [4.78, 5) is 38.1. The quantitative estimate of drug-likeness (QED) is 0.0344. The molecular formula is C58H112O6. The van der Waals surface area contributed by atoms with Crippen LogP contribution in [0.1, 0.15) is 318 Å². The summed E-state index contributed by atoms with van der Waals surface area (Å²) in [5, 5.41) is 0. The van der Waals surface area contributed by atoms with Crippen molar-refractivity contribution in [1.82, 2.24) is 0 Å². The summed E-state index contributed by atoms with van der Waals surface area (Å²) >= 11 is 0. The average Bonchev–Trinajstić information content (AvgIpc) is 3.25. The molecule has 0 unspecified atom stereocenters. The number of rotatable bonds is 51. The van der Waals surface area contributed by atoms with Crippen molar-refractivity contribution in [3.8, 4) is 0 Å². The fourth-order valence-electron chi connectivity index (χ4n) is 8.82. The van der Waals surface area contributed by atoms with Crippen LogP contribution in [0.15, 0.2) is 0 Å². The van der Waals surface area contributed by atoms with Crippen LogP contribution in [0.25, 0.3) is 0 Å². The van der Waals surface area contributed by atoms with Gasteiger partial charge in [-0.05, 0) is 37.0 Å². The molecule has 0 aliphatic carbocycles. The minimum atomic E-state index is -0.763. The number of hydrogen-bond donors (Lipinski definition) is 0. The molecule has 0 aromatic carbocycles. The predicted octanol–water partition coefficient (Wildman–Crippen LogP) is 18.7. The van der Waals surface area contributed by atoms with Gasteiger partial charge >= 0.3 is 17.9 Å². The molecule has 0 aromatic heterocycles. The van der Waals surface area contributed by atoms with Gasteiger partial charge in [0, 0.05) is 19.3 Å². The molecule has 6 nitrogen and oxygen atoms in total. The van der Waals surface area contributed by atoms with Gasteiger partial charge in [0.05, 0.1) is 0 Å². The maximum atomic E-state index is 12.8. The van der Waals surface area contributed by atoms with E-state index in [0.29, 0.717) is 19.3 Å². The van der Waals surface area contributed by atoms with Crippen LogP contribution in [0, 0.1) is 17.8 Å². The van der Waals surface area contributed by atoms with E-state index in [4.69, 9.17) is 14.2 Å². The van der Waals surface area contributed by atoms with Gasteiger partial charge in [-0.25, -0.2) is 0 Å². The smallest absolute Gasteiger partial charge is 0.306 e. The zero-order valence-corrected chi connectivity index (χ0v) is 44.1. The van der Waals surface area contributed by atoms with Crippen LogP contribution in [0.4, 0.5) is 0 Å². The molecule has 0 saturated carbocycles. The molecule has 0 heterocycles. The van der Waals surface area contributed by atoms with Gasteiger partial charge in [0.1, 0.15) is 13.2 Å². The minimum Gasteiger partial charge on any atom is -0.462 e. The lowest BCUT2D eigenvalue weighted by Gasteiger charge is -2.18. The predicted molar refractivity (Wildman–Crippen MR) is 275 cm³/mol. The summed E-state index contributed by atoms with van der Waals surface area (Å²) < 4.78 is 16.9. The van der Waals surface area contributed by atoms with Gasteiger partial charge in [-0.2, -0.15) is 0 Å². The van der Waals surface area contributed by atoms with Gasteiger partial charge in [0.2, 0.25) is 0 Å². The normalized spacial score (nSPS) is 12.1. The molecular weight excluding hydrogens is 793 g/mol. The Morgan fingerprint density at radius 1 is 0.266 bits per heavy atom. The number of carbonyl (C=O) groups excluding carboxylic acids is 3. The van der Waals surface area contributed by atoms with Crippen LogP contribution in [0.3, 0.4) is 0 Å². The van der Waals surface area contributed by atoms with Gasteiger partial charge in [-0.1, -0.05) is 279 Å². The molecule has 0 bridgehead atoms. The molecule has 0 rings (SSSR count). The zero-order chi connectivity index (χ0) is 47.0. The molecule has 0 spiro atoms. The van der Waals surface area contributed by atoms with Crippen molar-refractivity contribution in [1.29, 1.82) is 0 Å². The lowest BCUT2D eigenvalue weighted by molar-refractivity contribution is -0.167. The summed E-state index contributed by atoms with van der Waals surface area (Å²) in [7, 11) is 0. The Hall–Kier alpha value is -1.59. The van der Waals surface area contributed by atoms with Crippen molar-refractivity contribution in [2.45, 2.75) is 324 Å². The van der Waals surface area contributed by atoms with Crippen LogP contribution in [0.5, 0.6) is 0 Å². The molecule has 0 aliphatic heterocycles. The fraction of sp³-hybridized carbons (Fsp3) is 0.948. The van der Waals surface area contributed by atoms with E-state index in [-0.39, 0.29) is 31.1 Å². The Morgan fingerprint density at radius 3 is 0.672 bits per heavy atom. The van der Waals surface area contributed by atoms with Gasteiger partial charge in [0.25, 0.3) is 0 Å². The maximum absolute atomic E-state index is 12.8. The topological polar surface area (TPSA) is 78.9 Å². The number of carbonyl (C=O) groups is 3. The first-order chi connectivity index (χ1) is 31.1. The van der Waals surface area contributed by atoms with E-state index in [9.17, 15) is 14.4 Å². The van der Waals surface area contributed by atoms with E-state index in [1.807, 2.05) is 0 Å². The molecule has 0 radical (unpaired) electrons. The molecule has 380 valence electrons. The Balaban J connectivity index is 4.23.